The average Bonchev–Trinajstić information content (AvgIpc) is 2.73. The lowest BCUT2D eigenvalue weighted by Crippen LogP contribution is -2.20. The van der Waals surface area contributed by atoms with E-state index in [-0.39, 0.29) is 17.7 Å². The number of ether oxygens (including phenoxy) is 3. The number of pyridine rings is 1. The second-order valence-corrected chi connectivity index (χ2v) is 6.55. The molecule has 0 aliphatic carbocycles. The van der Waals surface area contributed by atoms with Crippen LogP contribution < -0.4 is 19.8 Å². The number of carbonyl (C=O) groups is 1. The van der Waals surface area contributed by atoms with Crippen LogP contribution in [-0.2, 0) is 6.54 Å². The standard InChI is InChI=1S/C23H25NO6/c1-4-28-19-13-18-17(20(29-5-2)21(19)30-6-3)10-11-24(22(18)25)14-15-8-7-9-16(12-15)23(26)27/h7-13H,4-6,14H2,1-3H3,(H,26,27). The van der Waals surface area contributed by atoms with Crippen LogP contribution in [0, 0.1) is 0 Å². The molecule has 158 valence electrons. The molecule has 1 N–H and O–H groups in total. The summed E-state index contributed by atoms with van der Waals surface area (Å²) in [7, 11) is 0. The van der Waals surface area contributed by atoms with Crippen LogP contribution in [0.4, 0.5) is 0 Å². The third-order valence-corrected chi connectivity index (χ3v) is 4.56. The highest BCUT2D eigenvalue weighted by Crippen LogP contribution is 2.43. The highest BCUT2D eigenvalue weighted by atomic mass is 16.5. The van der Waals surface area contributed by atoms with Gasteiger partial charge in [-0.05, 0) is 50.6 Å². The maximum Gasteiger partial charge on any atom is 0.335 e. The van der Waals surface area contributed by atoms with Crippen LogP contribution in [0.2, 0.25) is 0 Å². The Bertz CT molecular complexity index is 1120. The molecule has 0 spiro atoms. The predicted molar refractivity (Wildman–Crippen MR) is 114 cm³/mol. The Kier molecular flexibility index (Phi) is 6.61. The van der Waals surface area contributed by atoms with Gasteiger partial charge in [0.25, 0.3) is 5.56 Å². The molecule has 0 amide bonds. The summed E-state index contributed by atoms with van der Waals surface area (Å²) in [5.74, 6) is 0.421. The molecule has 2 aromatic carbocycles. The van der Waals surface area contributed by atoms with E-state index in [1.54, 1.807) is 36.5 Å². The molecule has 0 aliphatic rings. The molecule has 1 aromatic heterocycles. The fourth-order valence-electron chi connectivity index (χ4n) is 3.32. The Morgan fingerprint density at radius 3 is 2.30 bits per heavy atom. The van der Waals surface area contributed by atoms with Gasteiger partial charge >= 0.3 is 5.97 Å². The quantitative estimate of drug-likeness (QED) is 0.574. The number of nitrogens with zero attached hydrogens (tertiary/aromatic N) is 1. The summed E-state index contributed by atoms with van der Waals surface area (Å²) in [6.45, 7) is 7.11. The van der Waals surface area contributed by atoms with E-state index in [2.05, 4.69) is 0 Å². The normalized spacial score (nSPS) is 10.8. The van der Waals surface area contributed by atoms with Crippen LogP contribution in [-0.4, -0.2) is 35.5 Å². The second-order valence-electron chi connectivity index (χ2n) is 6.55. The van der Waals surface area contributed by atoms with Crippen molar-refractivity contribution < 1.29 is 24.1 Å². The molecule has 0 unspecified atom stereocenters. The van der Waals surface area contributed by atoms with Crippen molar-refractivity contribution in [1.29, 1.82) is 0 Å². The minimum Gasteiger partial charge on any atom is -0.490 e. The summed E-state index contributed by atoms with van der Waals surface area (Å²) in [4.78, 5) is 24.5. The molecule has 0 radical (unpaired) electrons. The van der Waals surface area contributed by atoms with Crippen molar-refractivity contribution in [1.82, 2.24) is 4.57 Å². The first-order chi connectivity index (χ1) is 14.5. The van der Waals surface area contributed by atoms with Gasteiger partial charge in [0.1, 0.15) is 0 Å². The highest BCUT2D eigenvalue weighted by Gasteiger charge is 2.20. The van der Waals surface area contributed by atoms with Crippen LogP contribution in [0.5, 0.6) is 17.2 Å². The van der Waals surface area contributed by atoms with Crippen LogP contribution in [0.25, 0.3) is 10.8 Å². The lowest BCUT2D eigenvalue weighted by Gasteiger charge is -2.18. The van der Waals surface area contributed by atoms with Crippen LogP contribution >= 0.6 is 0 Å². The molecule has 30 heavy (non-hydrogen) atoms. The molecule has 0 bridgehead atoms. The summed E-state index contributed by atoms with van der Waals surface area (Å²) in [5, 5.41) is 10.3. The molecule has 7 nitrogen and oxygen atoms in total. The van der Waals surface area contributed by atoms with Crippen molar-refractivity contribution in [2.24, 2.45) is 0 Å². The first-order valence-electron chi connectivity index (χ1n) is 9.90. The molecule has 1 heterocycles. The molecule has 0 saturated heterocycles. The molecular formula is C23H25NO6. The lowest BCUT2D eigenvalue weighted by molar-refractivity contribution is 0.0696. The van der Waals surface area contributed by atoms with Crippen molar-refractivity contribution in [3.63, 3.8) is 0 Å². The highest BCUT2D eigenvalue weighted by molar-refractivity contribution is 5.92. The smallest absolute Gasteiger partial charge is 0.335 e. The summed E-state index contributed by atoms with van der Waals surface area (Å²) in [6, 6.07) is 10.0. The van der Waals surface area contributed by atoms with E-state index in [1.807, 2.05) is 20.8 Å². The largest absolute Gasteiger partial charge is 0.490 e. The van der Waals surface area contributed by atoms with Gasteiger partial charge in [0.2, 0.25) is 5.75 Å². The van der Waals surface area contributed by atoms with E-state index in [1.165, 1.54) is 10.6 Å². The van der Waals surface area contributed by atoms with Gasteiger partial charge in [-0.25, -0.2) is 4.79 Å². The fourth-order valence-corrected chi connectivity index (χ4v) is 3.32. The first-order valence-corrected chi connectivity index (χ1v) is 9.90. The number of hydrogen-bond donors (Lipinski definition) is 1. The number of benzene rings is 2. The molecule has 3 rings (SSSR count). The maximum absolute atomic E-state index is 13.2. The average molecular weight is 411 g/mol. The number of rotatable bonds is 9. The zero-order chi connectivity index (χ0) is 21.7. The van der Waals surface area contributed by atoms with Crippen LogP contribution in [0.15, 0.2) is 47.4 Å². The predicted octanol–water partition coefficient (Wildman–Crippen LogP) is 3.94. The SMILES string of the molecule is CCOc1cc2c(=O)n(Cc3cccc(C(=O)O)c3)ccc2c(OCC)c1OCC. The van der Waals surface area contributed by atoms with Gasteiger partial charge in [-0.1, -0.05) is 12.1 Å². The van der Waals surface area contributed by atoms with E-state index in [9.17, 15) is 14.7 Å². The van der Waals surface area contributed by atoms with Crippen molar-refractivity contribution in [3.05, 3.63) is 64.1 Å². The third-order valence-electron chi connectivity index (χ3n) is 4.56. The van der Waals surface area contributed by atoms with Gasteiger partial charge < -0.3 is 23.9 Å². The lowest BCUT2D eigenvalue weighted by atomic mass is 10.1. The van der Waals surface area contributed by atoms with Gasteiger partial charge in [-0.3, -0.25) is 4.79 Å². The van der Waals surface area contributed by atoms with E-state index >= 15 is 0 Å². The van der Waals surface area contributed by atoms with Crippen molar-refractivity contribution in [3.8, 4) is 17.2 Å². The van der Waals surface area contributed by atoms with Gasteiger partial charge in [0.05, 0.1) is 37.3 Å². The zero-order valence-corrected chi connectivity index (χ0v) is 17.3. The third kappa shape index (κ3) is 4.25. The number of fused-ring (bicyclic) bond motifs is 1. The van der Waals surface area contributed by atoms with E-state index < -0.39 is 5.97 Å². The molecule has 0 aliphatic heterocycles. The zero-order valence-electron chi connectivity index (χ0n) is 17.3. The van der Waals surface area contributed by atoms with E-state index in [4.69, 9.17) is 14.2 Å². The van der Waals surface area contributed by atoms with Crippen molar-refractivity contribution in [2.75, 3.05) is 19.8 Å². The molecule has 3 aromatic rings. The second kappa shape index (κ2) is 9.35. The van der Waals surface area contributed by atoms with Gasteiger partial charge in [0.15, 0.2) is 11.5 Å². The number of carboxylic acid groups (broad SMARTS) is 1. The number of aromatic carboxylic acids is 1. The molecule has 0 saturated carbocycles. The molecule has 0 fully saturated rings. The number of hydrogen-bond acceptors (Lipinski definition) is 5. The Morgan fingerprint density at radius 2 is 1.63 bits per heavy atom. The van der Waals surface area contributed by atoms with Gasteiger partial charge in [-0.15, -0.1) is 0 Å². The summed E-state index contributed by atoms with van der Waals surface area (Å²) in [5.41, 5.74) is 0.676. The van der Waals surface area contributed by atoms with Crippen molar-refractivity contribution in [2.45, 2.75) is 27.3 Å². The Hall–Kier alpha value is -3.48. The van der Waals surface area contributed by atoms with E-state index in [0.29, 0.717) is 47.8 Å². The number of aromatic nitrogens is 1. The first kappa shape index (κ1) is 21.2. The van der Waals surface area contributed by atoms with Gasteiger partial charge in [0, 0.05) is 11.6 Å². The van der Waals surface area contributed by atoms with E-state index in [0.717, 1.165) is 5.56 Å². The molecular weight excluding hydrogens is 386 g/mol. The monoisotopic (exact) mass is 411 g/mol. The maximum atomic E-state index is 13.2. The minimum atomic E-state index is -1.01. The molecule has 7 heteroatoms. The summed E-state index contributed by atoms with van der Waals surface area (Å²) >= 11 is 0. The number of carboxylic acids is 1. The minimum absolute atomic E-state index is 0.181. The summed E-state index contributed by atoms with van der Waals surface area (Å²) < 4.78 is 18.9. The Morgan fingerprint density at radius 1 is 0.933 bits per heavy atom. The topological polar surface area (TPSA) is 87.0 Å². The van der Waals surface area contributed by atoms with Crippen LogP contribution in [0.1, 0.15) is 36.7 Å². The van der Waals surface area contributed by atoms with Crippen molar-refractivity contribution >= 4 is 16.7 Å². The van der Waals surface area contributed by atoms with Crippen LogP contribution in [0.3, 0.4) is 0 Å². The Balaban J connectivity index is 2.15. The Labute approximate surface area is 174 Å². The molecule has 0 atom stereocenters. The van der Waals surface area contributed by atoms with Gasteiger partial charge in [-0.2, -0.15) is 0 Å². The fraction of sp³-hybridized carbons (Fsp3) is 0.304. The summed E-state index contributed by atoms with van der Waals surface area (Å²) in [6.07, 6.45) is 1.68.